The van der Waals surface area contributed by atoms with E-state index in [0.717, 1.165) is 24.2 Å². The Balaban J connectivity index is 2.36. The molecule has 1 aromatic heterocycles. The third-order valence-corrected chi connectivity index (χ3v) is 3.08. The molecular weight excluding hydrogens is 224 g/mol. The van der Waals surface area contributed by atoms with Gasteiger partial charge in [0.15, 0.2) is 5.82 Å². The minimum atomic E-state index is 0.532. The lowest BCUT2D eigenvalue weighted by Gasteiger charge is -2.08. The van der Waals surface area contributed by atoms with Gasteiger partial charge in [0.25, 0.3) is 0 Å². The minimum Gasteiger partial charge on any atom is -0.381 e. The summed E-state index contributed by atoms with van der Waals surface area (Å²) in [6.45, 7) is 6.49. The number of anilines is 1. The average Bonchev–Trinajstić information content (AvgIpc) is 2.72. The molecule has 18 heavy (non-hydrogen) atoms. The van der Waals surface area contributed by atoms with Crippen molar-refractivity contribution in [3.8, 4) is 5.69 Å². The van der Waals surface area contributed by atoms with Gasteiger partial charge < -0.3 is 5.73 Å². The Labute approximate surface area is 108 Å². The van der Waals surface area contributed by atoms with Crippen LogP contribution in [0.15, 0.2) is 24.3 Å². The number of nitrogen functional groups attached to an aromatic ring is 1. The lowest BCUT2D eigenvalue weighted by molar-refractivity contribution is 0.744. The van der Waals surface area contributed by atoms with Gasteiger partial charge in [-0.3, -0.25) is 0 Å². The topological polar surface area (TPSA) is 56.7 Å². The number of nitrogens with two attached hydrogens (primary N) is 1. The molecule has 0 aliphatic carbocycles. The first-order chi connectivity index (χ1) is 8.63. The molecule has 0 unspecified atom stereocenters. The second-order valence-electron chi connectivity index (χ2n) is 4.83. The predicted molar refractivity (Wildman–Crippen MR) is 73.9 cm³/mol. The van der Waals surface area contributed by atoms with Gasteiger partial charge in [0.05, 0.1) is 11.4 Å². The van der Waals surface area contributed by atoms with Gasteiger partial charge in [0, 0.05) is 0 Å². The number of hydrogen-bond donors (Lipinski definition) is 1. The Morgan fingerprint density at radius 1 is 1.22 bits per heavy atom. The molecule has 4 heteroatoms. The maximum Gasteiger partial charge on any atom is 0.169 e. The number of rotatable bonds is 4. The fourth-order valence-corrected chi connectivity index (χ4v) is 1.99. The summed E-state index contributed by atoms with van der Waals surface area (Å²) < 4.78 is 1.84. The summed E-state index contributed by atoms with van der Waals surface area (Å²) >= 11 is 0. The molecule has 0 bridgehead atoms. The normalized spacial score (nSPS) is 11.1. The van der Waals surface area contributed by atoms with Crippen molar-refractivity contribution >= 4 is 5.82 Å². The van der Waals surface area contributed by atoms with E-state index >= 15 is 0 Å². The van der Waals surface area contributed by atoms with Crippen LogP contribution in [0.5, 0.6) is 0 Å². The zero-order valence-electron chi connectivity index (χ0n) is 11.2. The van der Waals surface area contributed by atoms with Crippen LogP contribution in [0.4, 0.5) is 5.82 Å². The van der Waals surface area contributed by atoms with Crippen molar-refractivity contribution in [1.29, 1.82) is 0 Å². The van der Waals surface area contributed by atoms with Gasteiger partial charge in [-0.2, -0.15) is 0 Å². The fourth-order valence-electron chi connectivity index (χ4n) is 1.99. The molecule has 0 amide bonds. The Morgan fingerprint density at radius 2 is 1.89 bits per heavy atom. The van der Waals surface area contributed by atoms with E-state index in [1.54, 1.807) is 0 Å². The molecule has 0 saturated heterocycles. The van der Waals surface area contributed by atoms with Crippen LogP contribution in [0.25, 0.3) is 5.69 Å². The zero-order valence-corrected chi connectivity index (χ0v) is 11.2. The average molecular weight is 244 g/mol. The largest absolute Gasteiger partial charge is 0.381 e. The number of nitrogens with zero attached hydrogens (tertiary/aromatic N) is 3. The molecule has 0 aliphatic heterocycles. The zero-order chi connectivity index (χ0) is 13.1. The summed E-state index contributed by atoms with van der Waals surface area (Å²) in [7, 11) is 0. The number of aromatic nitrogens is 3. The molecule has 2 aromatic rings. The second-order valence-corrected chi connectivity index (χ2v) is 4.83. The maximum absolute atomic E-state index is 5.85. The SMILES string of the molecule is CCCc1c(N)nnn1-c1ccc(C(C)C)cc1. The summed E-state index contributed by atoms with van der Waals surface area (Å²) in [6.07, 6.45) is 1.92. The Kier molecular flexibility index (Phi) is 3.65. The third-order valence-electron chi connectivity index (χ3n) is 3.08. The van der Waals surface area contributed by atoms with E-state index in [-0.39, 0.29) is 0 Å². The first-order valence-corrected chi connectivity index (χ1v) is 6.43. The monoisotopic (exact) mass is 244 g/mol. The highest BCUT2D eigenvalue weighted by Gasteiger charge is 2.10. The van der Waals surface area contributed by atoms with E-state index < -0.39 is 0 Å². The van der Waals surface area contributed by atoms with Crippen LogP contribution in [0.3, 0.4) is 0 Å². The van der Waals surface area contributed by atoms with E-state index in [4.69, 9.17) is 5.73 Å². The van der Waals surface area contributed by atoms with E-state index in [1.165, 1.54) is 5.56 Å². The van der Waals surface area contributed by atoms with Crippen molar-refractivity contribution in [3.05, 3.63) is 35.5 Å². The van der Waals surface area contributed by atoms with Crippen LogP contribution in [0, 0.1) is 0 Å². The van der Waals surface area contributed by atoms with Crippen molar-refractivity contribution in [2.75, 3.05) is 5.73 Å². The molecule has 0 radical (unpaired) electrons. The predicted octanol–water partition coefficient (Wildman–Crippen LogP) is 2.93. The van der Waals surface area contributed by atoms with E-state index in [1.807, 2.05) is 4.68 Å². The molecule has 0 spiro atoms. The van der Waals surface area contributed by atoms with Crippen molar-refractivity contribution < 1.29 is 0 Å². The third kappa shape index (κ3) is 2.37. The van der Waals surface area contributed by atoms with Gasteiger partial charge in [0.1, 0.15) is 0 Å². The van der Waals surface area contributed by atoms with Crippen molar-refractivity contribution in [3.63, 3.8) is 0 Å². The van der Waals surface area contributed by atoms with E-state index in [0.29, 0.717) is 11.7 Å². The highest BCUT2D eigenvalue weighted by atomic mass is 15.4. The molecular formula is C14H20N4. The summed E-state index contributed by atoms with van der Waals surface area (Å²) in [4.78, 5) is 0. The minimum absolute atomic E-state index is 0.532. The first-order valence-electron chi connectivity index (χ1n) is 6.43. The molecule has 1 aromatic carbocycles. The lowest BCUT2D eigenvalue weighted by atomic mass is 10.0. The molecule has 1 heterocycles. The van der Waals surface area contributed by atoms with Crippen molar-refractivity contribution in [2.45, 2.75) is 39.5 Å². The molecule has 0 fully saturated rings. The highest BCUT2D eigenvalue weighted by Crippen LogP contribution is 2.19. The van der Waals surface area contributed by atoms with Crippen LogP contribution < -0.4 is 5.73 Å². The fraction of sp³-hybridized carbons (Fsp3) is 0.429. The molecule has 96 valence electrons. The van der Waals surface area contributed by atoms with Crippen molar-refractivity contribution in [2.24, 2.45) is 0 Å². The van der Waals surface area contributed by atoms with Gasteiger partial charge in [-0.15, -0.1) is 5.10 Å². The van der Waals surface area contributed by atoms with Crippen LogP contribution in [-0.2, 0) is 6.42 Å². The summed E-state index contributed by atoms with van der Waals surface area (Å²) in [6, 6.07) is 8.41. The maximum atomic E-state index is 5.85. The highest BCUT2D eigenvalue weighted by molar-refractivity contribution is 5.42. The van der Waals surface area contributed by atoms with Crippen LogP contribution in [0.1, 0.15) is 44.4 Å². The van der Waals surface area contributed by atoms with Crippen LogP contribution in [-0.4, -0.2) is 15.0 Å². The van der Waals surface area contributed by atoms with E-state index in [2.05, 4.69) is 55.3 Å². The molecule has 2 N–H and O–H groups in total. The Morgan fingerprint density at radius 3 is 2.44 bits per heavy atom. The second kappa shape index (κ2) is 5.21. The summed E-state index contributed by atoms with van der Waals surface area (Å²) in [5.41, 5.74) is 9.19. The van der Waals surface area contributed by atoms with Crippen LogP contribution in [0.2, 0.25) is 0 Å². The summed E-state index contributed by atoms with van der Waals surface area (Å²) in [5, 5.41) is 8.08. The lowest BCUT2D eigenvalue weighted by Crippen LogP contribution is -2.04. The van der Waals surface area contributed by atoms with Gasteiger partial charge >= 0.3 is 0 Å². The molecule has 4 nitrogen and oxygen atoms in total. The first kappa shape index (κ1) is 12.6. The quantitative estimate of drug-likeness (QED) is 0.899. The number of hydrogen-bond acceptors (Lipinski definition) is 3. The standard InChI is InChI=1S/C14H20N4/c1-4-5-13-14(15)16-17-18(13)12-8-6-11(7-9-12)10(2)3/h6-10H,4-5,15H2,1-3H3. The van der Waals surface area contributed by atoms with Gasteiger partial charge in [-0.25, -0.2) is 4.68 Å². The molecule has 2 rings (SSSR count). The van der Waals surface area contributed by atoms with Gasteiger partial charge in [-0.1, -0.05) is 44.5 Å². The summed E-state index contributed by atoms with van der Waals surface area (Å²) in [5.74, 6) is 1.07. The number of benzene rings is 1. The smallest absolute Gasteiger partial charge is 0.169 e. The van der Waals surface area contributed by atoms with E-state index in [9.17, 15) is 0 Å². The molecule has 0 saturated carbocycles. The van der Waals surface area contributed by atoms with Crippen LogP contribution >= 0.6 is 0 Å². The van der Waals surface area contributed by atoms with Gasteiger partial charge in [0.2, 0.25) is 0 Å². The molecule has 0 aliphatic rings. The molecule has 0 atom stereocenters. The Hall–Kier alpha value is -1.84. The van der Waals surface area contributed by atoms with Gasteiger partial charge in [-0.05, 0) is 30.0 Å². The Bertz CT molecular complexity index is 511. The van der Waals surface area contributed by atoms with Crippen molar-refractivity contribution in [1.82, 2.24) is 15.0 Å².